The van der Waals surface area contributed by atoms with Gasteiger partial charge in [0.05, 0.1) is 10.6 Å². The molecule has 1 aliphatic heterocycles. The number of rotatable bonds is 3. The van der Waals surface area contributed by atoms with Gasteiger partial charge >= 0.3 is 0 Å². The lowest BCUT2D eigenvalue weighted by molar-refractivity contribution is 0.171. The molecule has 0 spiro atoms. The fourth-order valence-electron chi connectivity index (χ4n) is 1.88. The third kappa shape index (κ3) is 2.70. The predicted molar refractivity (Wildman–Crippen MR) is 76.9 cm³/mol. The molecular weight excluding hydrogens is 294 g/mol. The summed E-state index contributed by atoms with van der Waals surface area (Å²) >= 11 is 0. The quantitative estimate of drug-likeness (QED) is 0.884. The fraction of sp³-hybridized carbons (Fsp3) is 0.154. The highest BCUT2D eigenvalue weighted by Crippen LogP contribution is 2.32. The van der Waals surface area contributed by atoms with E-state index < -0.39 is 10.0 Å². The Balaban J connectivity index is 1.93. The number of nitrogens with zero attached hydrogens (tertiary/aromatic N) is 1. The van der Waals surface area contributed by atoms with Gasteiger partial charge < -0.3 is 15.2 Å². The molecule has 0 amide bonds. The summed E-state index contributed by atoms with van der Waals surface area (Å²) < 4.78 is 37.8. The molecule has 1 aromatic carbocycles. The lowest BCUT2D eigenvalue weighted by Crippen LogP contribution is -2.18. The van der Waals surface area contributed by atoms with Gasteiger partial charge in [-0.3, -0.25) is 4.72 Å². The molecule has 1 aromatic heterocycles. The number of nitrogens with one attached hydrogen (secondary N) is 1. The summed E-state index contributed by atoms with van der Waals surface area (Å²) in [6.45, 7) is 0.832. The third-order valence-corrected chi connectivity index (χ3v) is 4.23. The van der Waals surface area contributed by atoms with Crippen LogP contribution < -0.4 is 19.9 Å². The number of aromatic nitrogens is 1. The minimum atomic E-state index is -3.80. The number of sulfonamides is 1. The van der Waals surface area contributed by atoms with Crippen molar-refractivity contribution in [2.75, 3.05) is 23.7 Å². The summed E-state index contributed by atoms with van der Waals surface area (Å²) in [6, 6.07) is 7.60. The van der Waals surface area contributed by atoms with Crippen molar-refractivity contribution in [3.05, 3.63) is 36.5 Å². The zero-order valence-corrected chi connectivity index (χ0v) is 11.8. The van der Waals surface area contributed by atoms with E-state index in [0.29, 0.717) is 24.7 Å². The van der Waals surface area contributed by atoms with E-state index >= 15 is 0 Å². The van der Waals surface area contributed by atoms with Gasteiger partial charge in [0, 0.05) is 12.3 Å². The smallest absolute Gasteiger partial charge is 0.263 e. The van der Waals surface area contributed by atoms with Gasteiger partial charge in [-0.25, -0.2) is 13.4 Å². The summed E-state index contributed by atoms with van der Waals surface area (Å²) in [5.74, 6) is 1.02. The van der Waals surface area contributed by atoms with Gasteiger partial charge in [-0.1, -0.05) is 0 Å². The van der Waals surface area contributed by atoms with Gasteiger partial charge in [0.15, 0.2) is 17.3 Å². The molecule has 7 nitrogen and oxygen atoms in total. The van der Waals surface area contributed by atoms with Crippen molar-refractivity contribution in [2.24, 2.45) is 0 Å². The molecule has 0 saturated heterocycles. The minimum Gasteiger partial charge on any atom is -0.486 e. The van der Waals surface area contributed by atoms with Crippen molar-refractivity contribution in [1.82, 2.24) is 4.98 Å². The monoisotopic (exact) mass is 307 g/mol. The van der Waals surface area contributed by atoms with Gasteiger partial charge in [-0.15, -0.1) is 0 Å². The Labute approximate surface area is 121 Å². The summed E-state index contributed by atoms with van der Waals surface area (Å²) in [5, 5.41) is 0. The van der Waals surface area contributed by atoms with Crippen LogP contribution in [0.15, 0.2) is 41.4 Å². The standard InChI is InChI=1S/C13H13N3O4S/c14-10-2-1-5-15-13(10)16-21(17,18)9-3-4-11-12(8-9)20-7-6-19-11/h1-5,8H,6-7,14H2,(H,15,16). The van der Waals surface area contributed by atoms with E-state index in [1.54, 1.807) is 18.2 Å². The predicted octanol–water partition coefficient (Wildman–Crippen LogP) is 1.24. The maximum Gasteiger partial charge on any atom is 0.263 e. The molecule has 0 aliphatic carbocycles. The lowest BCUT2D eigenvalue weighted by atomic mass is 10.3. The van der Waals surface area contributed by atoms with E-state index in [1.807, 2.05) is 0 Å². The van der Waals surface area contributed by atoms with E-state index in [0.717, 1.165) is 0 Å². The molecular formula is C13H13N3O4S. The number of nitrogens with two attached hydrogens (primary N) is 1. The molecule has 0 radical (unpaired) electrons. The zero-order valence-electron chi connectivity index (χ0n) is 10.9. The molecule has 3 rings (SSSR count). The summed E-state index contributed by atoms with van der Waals surface area (Å²) in [7, 11) is -3.80. The largest absolute Gasteiger partial charge is 0.486 e. The Bertz CT molecular complexity index is 777. The number of hydrogen-bond acceptors (Lipinski definition) is 6. The maximum absolute atomic E-state index is 12.3. The Morgan fingerprint density at radius 1 is 1.14 bits per heavy atom. The van der Waals surface area contributed by atoms with Gasteiger partial charge in [0.1, 0.15) is 13.2 Å². The van der Waals surface area contributed by atoms with Crippen molar-refractivity contribution >= 4 is 21.5 Å². The van der Waals surface area contributed by atoms with Crippen LogP contribution in [0.2, 0.25) is 0 Å². The Morgan fingerprint density at radius 3 is 2.67 bits per heavy atom. The molecule has 3 N–H and O–H groups in total. The van der Waals surface area contributed by atoms with Gasteiger partial charge in [-0.2, -0.15) is 0 Å². The second kappa shape index (κ2) is 5.13. The van der Waals surface area contributed by atoms with Crippen molar-refractivity contribution < 1.29 is 17.9 Å². The molecule has 0 bridgehead atoms. The number of pyridine rings is 1. The van der Waals surface area contributed by atoms with Crippen LogP contribution in [0.1, 0.15) is 0 Å². The average Bonchev–Trinajstić information content (AvgIpc) is 2.49. The maximum atomic E-state index is 12.3. The second-order valence-corrected chi connectivity index (χ2v) is 6.03. The molecule has 110 valence electrons. The van der Waals surface area contributed by atoms with Crippen molar-refractivity contribution in [1.29, 1.82) is 0 Å². The number of fused-ring (bicyclic) bond motifs is 1. The van der Waals surface area contributed by atoms with Crippen molar-refractivity contribution in [3.63, 3.8) is 0 Å². The van der Waals surface area contributed by atoms with E-state index in [9.17, 15) is 8.42 Å². The highest BCUT2D eigenvalue weighted by molar-refractivity contribution is 7.92. The van der Waals surface area contributed by atoms with E-state index in [2.05, 4.69) is 9.71 Å². The van der Waals surface area contributed by atoms with Crippen molar-refractivity contribution in [2.45, 2.75) is 4.90 Å². The van der Waals surface area contributed by atoms with E-state index in [4.69, 9.17) is 15.2 Å². The highest BCUT2D eigenvalue weighted by Gasteiger charge is 2.20. The molecule has 1 aliphatic rings. The van der Waals surface area contributed by atoms with Crippen LogP contribution in [0.5, 0.6) is 11.5 Å². The van der Waals surface area contributed by atoms with Gasteiger partial charge in [0.2, 0.25) is 0 Å². The first kappa shape index (κ1) is 13.5. The Morgan fingerprint density at radius 2 is 1.90 bits per heavy atom. The fourth-order valence-corrected chi connectivity index (χ4v) is 2.93. The molecule has 0 saturated carbocycles. The molecule has 0 unspecified atom stereocenters. The first-order chi connectivity index (χ1) is 10.1. The first-order valence-electron chi connectivity index (χ1n) is 6.19. The molecule has 8 heteroatoms. The molecule has 0 fully saturated rings. The summed E-state index contributed by atoms with van der Waals surface area (Å²) in [4.78, 5) is 3.96. The topological polar surface area (TPSA) is 104 Å². The lowest BCUT2D eigenvalue weighted by Gasteiger charge is -2.19. The van der Waals surface area contributed by atoms with Gasteiger partial charge in [-0.05, 0) is 24.3 Å². The first-order valence-corrected chi connectivity index (χ1v) is 7.67. The van der Waals surface area contributed by atoms with Crippen LogP contribution >= 0.6 is 0 Å². The van der Waals surface area contributed by atoms with E-state index in [1.165, 1.54) is 18.3 Å². The molecule has 21 heavy (non-hydrogen) atoms. The molecule has 0 atom stereocenters. The third-order valence-electron chi connectivity index (χ3n) is 2.89. The average molecular weight is 307 g/mol. The number of anilines is 2. The van der Waals surface area contributed by atoms with Crippen LogP contribution in [0, 0.1) is 0 Å². The van der Waals surface area contributed by atoms with E-state index in [-0.39, 0.29) is 16.4 Å². The normalized spacial score (nSPS) is 13.7. The number of hydrogen-bond donors (Lipinski definition) is 2. The number of benzene rings is 1. The molecule has 2 aromatic rings. The number of ether oxygens (including phenoxy) is 2. The van der Waals surface area contributed by atoms with Crippen LogP contribution in [0.25, 0.3) is 0 Å². The zero-order chi connectivity index (χ0) is 14.9. The van der Waals surface area contributed by atoms with Crippen LogP contribution in [-0.2, 0) is 10.0 Å². The van der Waals surface area contributed by atoms with Crippen LogP contribution in [0.4, 0.5) is 11.5 Å². The second-order valence-electron chi connectivity index (χ2n) is 4.35. The Kier molecular flexibility index (Phi) is 3.30. The van der Waals surface area contributed by atoms with Crippen LogP contribution in [-0.4, -0.2) is 26.6 Å². The Hall–Kier alpha value is -2.48. The van der Waals surface area contributed by atoms with Crippen LogP contribution in [0.3, 0.4) is 0 Å². The SMILES string of the molecule is Nc1cccnc1NS(=O)(=O)c1ccc2c(c1)OCCO2. The molecule has 2 heterocycles. The van der Waals surface area contributed by atoms with Crippen molar-refractivity contribution in [3.8, 4) is 11.5 Å². The minimum absolute atomic E-state index is 0.0526. The summed E-state index contributed by atoms with van der Waals surface area (Å²) in [5.41, 5.74) is 5.93. The summed E-state index contributed by atoms with van der Waals surface area (Å²) in [6.07, 6.45) is 1.46. The van der Waals surface area contributed by atoms with Gasteiger partial charge in [0.25, 0.3) is 10.0 Å². The highest BCUT2D eigenvalue weighted by atomic mass is 32.2. The number of nitrogen functional groups attached to an aromatic ring is 1.